The fourth-order valence-corrected chi connectivity index (χ4v) is 3.02. The summed E-state index contributed by atoms with van der Waals surface area (Å²) in [5, 5.41) is 3.53. The quantitative estimate of drug-likeness (QED) is 0.879. The van der Waals surface area contributed by atoms with Crippen molar-refractivity contribution in [1.82, 2.24) is 5.32 Å². The van der Waals surface area contributed by atoms with Crippen molar-refractivity contribution in [1.29, 1.82) is 0 Å². The molecule has 110 valence electrons. The second-order valence-corrected chi connectivity index (χ2v) is 5.56. The molecule has 0 aliphatic carbocycles. The fraction of sp³-hybridized carbons (Fsp3) is 0.368. The van der Waals surface area contributed by atoms with Crippen molar-refractivity contribution < 1.29 is 4.74 Å². The fourth-order valence-electron chi connectivity index (χ4n) is 3.02. The summed E-state index contributed by atoms with van der Waals surface area (Å²) in [5.41, 5.74) is 5.25. The minimum atomic E-state index is 0.456. The van der Waals surface area contributed by atoms with E-state index in [4.69, 9.17) is 4.74 Å². The summed E-state index contributed by atoms with van der Waals surface area (Å²) < 4.78 is 5.57. The molecule has 0 saturated carbocycles. The Morgan fingerprint density at radius 2 is 1.81 bits per heavy atom. The highest BCUT2D eigenvalue weighted by Gasteiger charge is 2.13. The molecule has 0 spiro atoms. The van der Waals surface area contributed by atoms with Gasteiger partial charge in [-0.25, -0.2) is 0 Å². The summed E-state index contributed by atoms with van der Waals surface area (Å²) in [6.07, 6.45) is 2.14. The van der Waals surface area contributed by atoms with E-state index in [9.17, 15) is 0 Å². The predicted octanol–water partition coefficient (Wildman–Crippen LogP) is 4.35. The number of benzene rings is 2. The molecule has 0 fully saturated rings. The standard InChI is InChI=1S/C19H23NO/c1-3-18(20-4-2)15-7-5-14(6-8-15)16-9-10-19-17(13-16)11-12-21-19/h5-10,13,18,20H,3-4,11-12H2,1-2H3. The molecule has 1 N–H and O–H groups in total. The van der Waals surface area contributed by atoms with Gasteiger partial charge < -0.3 is 10.1 Å². The Morgan fingerprint density at radius 3 is 2.52 bits per heavy atom. The van der Waals surface area contributed by atoms with Crippen LogP contribution >= 0.6 is 0 Å². The topological polar surface area (TPSA) is 21.3 Å². The molecule has 2 heteroatoms. The summed E-state index contributed by atoms with van der Waals surface area (Å²) in [7, 11) is 0. The zero-order chi connectivity index (χ0) is 14.7. The lowest BCUT2D eigenvalue weighted by Crippen LogP contribution is -2.19. The van der Waals surface area contributed by atoms with Crippen molar-refractivity contribution in [2.75, 3.05) is 13.2 Å². The summed E-state index contributed by atoms with van der Waals surface area (Å²) in [5.74, 6) is 1.05. The van der Waals surface area contributed by atoms with Gasteiger partial charge in [-0.05, 0) is 47.4 Å². The van der Waals surface area contributed by atoms with E-state index in [0.717, 1.165) is 31.7 Å². The molecule has 0 bridgehead atoms. The van der Waals surface area contributed by atoms with Gasteiger partial charge in [-0.2, -0.15) is 0 Å². The highest BCUT2D eigenvalue weighted by molar-refractivity contribution is 5.66. The van der Waals surface area contributed by atoms with Crippen LogP contribution in [0.1, 0.15) is 37.4 Å². The first kappa shape index (κ1) is 14.2. The van der Waals surface area contributed by atoms with Crippen LogP contribution in [0.2, 0.25) is 0 Å². The van der Waals surface area contributed by atoms with Crippen LogP contribution < -0.4 is 10.1 Å². The zero-order valence-electron chi connectivity index (χ0n) is 12.9. The second-order valence-electron chi connectivity index (χ2n) is 5.56. The Balaban J connectivity index is 1.83. The van der Waals surface area contributed by atoms with Gasteiger partial charge in [0.25, 0.3) is 0 Å². The molecular formula is C19H23NO. The number of fused-ring (bicyclic) bond motifs is 1. The number of hydrogen-bond donors (Lipinski definition) is 1. The Kier molecular flexibility index (Phi) is 4.26. The van der Waals surface area contributed by atoms with Crippen LogP contribution in [0.5, 0.6) is 5.75 Å². The van der Waals surface area contributed by atoms with Crippen LogP contribution in [0.4, 0.5) is 0 Å². The summed E-state index contributed by atoms with van der Waals surface area (Å²) >= 11 is 0. The van der Waals surface area contributed by atoms with Gasteiger partial charge in [0, 0.05) is 12.5 Å². The Hall–Kier alpha value is -1.80. The maximum atomic E-state index is 5.57. The van der Waals surface area contributed by atoms with Gasteiger partial charge in [0.2, 0.25) is 0 Å². The third kappa shape index (κ3) is 2.96. The third-order valence-electron chi connectivity index (χ3n) is 4.19. The van der Waals surface area contributed by atoms with Crippen LogP contribution in [-0.4, -0.2) is 13.2 Å². The maximum Gasteiger partial charge on any atom is 0.122 e. The molecule has 1 heterocycles. The first-order valence-electron chi connectivity index (χ1n) is 7.91. The van der Waals surface area contributed by atoms with Gasteiger partial charge in [0.05, 0.1) is 6.61 Å². The van der Waals surface area contributed by atoms with Crippen molar-refractivity contribution in [3.05, 3.63) is 53.6 Å². The van der Waals surface area contributed by atoms with E-state index < -0.39 is 0 Å². The molecule has 2 nitrogen and oxygen atoms in total. The average molecular weight is 281 g/mol. The first-order valence-corrected chi connectivity index (χ1v) is 7.91. The van der Waals surface area contributed by atoms with E-state index in [2.05, 4.69) is 61.6 Å². The van der Waals surface area contributed by atoms with Crippen LogP contribution in [0, 0.1) is 0 Å². The molecule has 0 saturated heterocycles. The van der Waals surface area contributed by atoms with Crippen molar-refractivity contribution in [2.24, 2.45) is 0 Å². The van der Waals surface area contributed by atoms with E-state index in [0.29, 0.717) is 6.04 Å². The lowest BCUT2D eigenvalue weighted by molar-refractivity contribution is 0.357. The SMILES string of the molecule is CCNC(CC)c1ccc(-c2ccc3c(c2)CCO3)cc1. The second kappa shape index (κ2) is 6.31. The van der Waals surface area contributed by atoms with Crippen LogP contribution in [0.3, 0.4) is 0 Å². The van der Waals surface area contributed by atoms with Crippen LogP contribution in [0.15, 0.2) is 42.5 Å². The van der Waals surface area contributed by atoms with Crippen molar-refractivity contribution in [3.8, 4) is 16.9 Å². The maximum absolute atomic E-state index is 5.57. The minimum Gasteiger partial charge on any atom is -0.493 e. The summed E-state index contributed by atoms with van der Waals surface area (Å²) in [6, 6.07) is 15.9. The molecule has 0 radical (unpaired) electrons. The Bertz CT molecular complexity index is 603. The summed E-state index contributed by atoms with van der Waals surface area (Å²) in [6.45, 7) is 6.20. The third-order valence-corrected chi connectivity index (χ3v) is 4.19. The van der Waals surface area contributed by atoms with E-state index >= 15 is 0 Å². The van der Waals surface area contributed by atoms with Crippen LogP contribution in [0.25, 0.3) is 11.1 Å². The molecule has 3 rings (SSSR count). The van der Waals surface area contributed by atoms with E-state index in [1.807, 2.05) is 0 Å². The molecule has 1 aliphatic heterocycles. The molecule has 0 aromatic heterocycles. The van der Waals surface area contributed by atoms with Gasteiger partial charge >= 0.3 is 0 Å². The molecule has 1 unspecified atom stereocenters. The largest absolute Gasteiger partial charge is 0.493 e. The monoisotopic (exact) mass is 281 g/mol. The summed E-state index contributed by atoms with van der Waals surface area (Å²) in [4.78, 5) is 0. The first-order chi connectivity index (χ1) is 10.3. The van der Waals surface area contributed by atoms with E-state index in [-0.39, 0.29) is 0 Å². The molecule has 0 amide bonds. The van der Waals surface area contributed by atoms with Gasteiger partial charge in [0.15, 0.2) is 0 Å². The lowest BCUT2D eigenvalue weighted by Gasteiger charge is -2.16. The van der Waals surface area contributed by atoms with Gasteiger partial charge in [0.1, 0.15) is 5.75 Å². The number of rotatable bonds is 5. The average Bonchev–Trinajstić information content (AvgIpc) is 3.00. The van der Waals surface area contributed by atoms with Gasteiger partial charge in [-0.3, -0.25) is 0 Å². The van der Waals surface area contributed by atoms with Crippen LogP contribution in [-0.2, 0) is 6.42 Å². The molecule has 2 aromatic rings. The smallest absolute Gasteiger partial charge is 0.122 e. The number of nitrogens with one attached hydrogen (secondary N) is 1. The molecule has 2 aromatic carbocycles. The van der Waals surface area contributed by atoms with E-state index in [1.165, 1.54) is 22.3 Å². The molecular weight excluding hydrogens is 258 g/mol. The zero-order valence-corrected chi connectivity index (χ0v) is 12.9. The van der Waals surface area contributed by atoms with E-state index in [1.54, 1.807) is 0 Å². The Labute approximate surface area is 127 Å². The molecule has 1 atom stereocenters. The number of hydrogen-bond acceptors (Lipinski definition) is 2. The highest BCUT2D eigenvalue weighted by atomic mass is 16.5. The normalized spacial score (nSPS) is 14.6. The molecule has 21 heavy (non-hydrogen) atoms. The Morgan fingerprint density at radius 1 is 1.05 bits per heavy atom. The molecule has 1 aliphatic rings. The lowest BCUT2D eigenvalue weighted by atomic mass is 9.98. The van der Waals surface area contributed by atoms with Crippen molar-refractivity contribution >= 4 is 0 Å². The van der Waals surface area contributed by atoms with Gasteiger partial charge in [-0.15, -0.1) is 0 Å². The van der Waals surface area contributed by atoms with Crippen molar-refractivity contribution in [2.45, 2.75) is 32.7 Å². The number of ether oxygens (including phenoxy) is 1. The minimum absolute atomic E-state index is 0.456. The predicted molar refractivity (Wildman–Crippen MR) is 87.8 cm³/mol. The van der Waals surface area contributed by atoms with Gasteiger partial charge in [-0.1, -0.05) is 44.2 Å². The van der Waals surface area contributed by atoms with Crippen molar-refractivity contribution in [3.63, 3.8) is 0 Å². The highest BCUT2D eigenvalue weighted by Crippen LogP contribution is 2.31.